The maximum Gasteiger partial charge on any atom is 0.339 e. The van der Waals surface area contributed by atoms with Crippen molar-refractivity contribution in [3.8, 4) is 5.75 Å². The Hall–Kier alpha value is -2.34. The Labute approximate surface area is 171 Å². The molecule has 1 aliphatic heterocycles. The Bertz CT molecular complexity index is 946. The molecule has 4 rings (SSSR count). The van der Waals surface area contributed by atoms with E-state index in [1.165, 1.54) is 0 Å². The maximum atomic E-state index is 12.7. The lowest BCUT2D eigenvalue weighted by Gasteiger charge is -2.29. The van der Waals surface area contributed by atoms with Gasteiger partial charge in [0.05, 0.1) is 0 Å². The van der Waals surface area contributed by atoms with Crippen molar-refractivity contribution in [1.82, 2.24) is 10.2 Å². The van der Waals surface area contributed by atoms with Crippen LogP contribution in [0.3, 0.4) is 0 Å². The van der Waals surface area contributed by atoms with Crippen LogP contribution in [-0.4, -0.2) is 43.6 Å². The quantitative estimate of drug-likeness (QED) is 0.784. The summed E-state index contributed by atoms with van der Waals surface area (Å²) >= 11 is 0. The number of amides is 1. The minimum Gasteiger partial charge on any atom is -0.481 e. The first kappa shape index (κ1) is 20.0. The standard InChI is InChI=1S/C23H30N2O4/c1-15(22(26)25(2)14-16-9-11-24-12-10-16)28-17-7-8-19-18-5-3-4-6-20(18)23(27)29-21(19)13-17/h7-8,13,15-16,24H,3-6,9-12,14H2,1-2H3. The third-order valence-electron chi connectivity index (χ3n) is 6.22. The van der Waals surface area contributed by atoms with Gasteiger partial charge in [-0.3, -0.25) is 4.79 Å². The van der Waals surface area contributed by atoms with Crippen LogP contribution in [-0.2, 0) is 17.6 Å². The predicted octanol–water partition coefficient (Wildman–Crippen LogP) is 2.90. The van der Waals surface area contributed by atoms with Crippen LogP contribution in [0.2, 0.25) is 0 Å². The average Bonchev–Trinajstić information content (AvgIpc) is 2.74. The molecule has 1 aliphatic carbocycles. The van der Waals surface area contributed by atoms with Crippen LogP contribution in [0.25, 0.3) is 11.0 Å². The Morgan fingerprint density at radius 2 is 1.97 bits per heavy atom. The van der Waals surface area contributed by atoms with E-state index in [2.05, 4.69) is 5.32 Å². The van der Waals surface area contributed by atoms with Crippen molar-refractivity contribution >= 4 is 16.9 Å². The van der Waals surface area contributed by atoms with E-state index in [1.807, 2.05) is 19.2 Å². The molecule has 1 aromatic carbocycles. The molecule has 0 saturated carbocycles. The molecule has 29 heavy (non-hydrogen) atoms. The van der Waals surface area contributed by atoms with E-state index in [-0.39, 0.29) is 11.5 Å². The monoisotopic (exact) mass is 398 g/mol. The first-order valence-electron chi connectivity index (χ1n) is 10.7. The molecule has 1 fully saturated rings. The van der Waals surface area contributed by atoms with Gasteiger partial charge in [-0.25, -0.2) is 4.79 Å². The molecule has 0 radical (unpaired) electrons. The number of hydrogen-bond acceptors (Lipinski definition) is 5. The first-order chi connectivity index (χ1) is 14.0. The van der Waals surface area contributed by atoms with Crippen LogP contribution in [0, 0.1) is 5.92 Å². The topological polar surface area (TPSA) is 71.8 Å². The molecule has 1 saturated heterocycles. The number of ether oxygens (including phenoxy) is 1. The molecule has 2 aliphatic rings. The Morgan fingerprint density at radius 3 is 2.72 bits per heavy atom. The second kappa shape index (κ2) is 8.57. The van der Waals surface area contributed by atoms with Crippen molar-refractivity contribution in [1.29, 1.82) is 0 Å². The Balaban J connectivity index is 1.47. The number of hydrogen-bond donors (Lipinski definition) is 1. The lowest BCUT2D eigenvalue weighted by Crippen LogP contribution is -2.42. The Kier molecular flexibility index (Phi) is 5.90. The van der Waals surface area contributed by atoms with Gasteiger partial charge in [-0.05, 0) is 82.2 Å². The summed E-state index contributed by atoms with van der Waals surface area (Å²) in [6.45, 7) is 4.57. The van der Waals surface area contributed by atoms with Gasteiger partial charge in [-0.15, -0.1) is 0 Å². The number of benzene rings is 1. The number of likely N-dealkylation sites (N-methyl/N-ethyl adjacent to an activating group) is 1. The molecule has 0 bridgehead atoms. The first-order valence-corrected chi connectivity index (χ1v) is 10.7. The average molecular weight is 399 g/mol. The highest BCUT2D eigenvalue weighted by molar-refractivity contribution is 5.83. The van der Waals surface area contributed by atoms with Crippen molar-refractivity contribution in [2.45, 2.75) is 51.6 Å². The summed E-state index contributed by atoms with van der Waals surface area (Å²) < 4.78 is 11.5. The summed E-state index contributed by atoms with van der Waals surface area (Å²) in [7, 11) is 1.84. The molecular weight excluding hydrogens is 368 g/mol. The van der Waals surface area contributed by atoms with E-state index >= 15 is 0 Å². The Morgan fingerprint density at radius 1 is 1.24 bits per heavy atom. The van der Waals surface area contributed by atoms with E-state index in [0.29, 0.717) is 17.3 Å². The van der Waals surface area contributed by atoms with Gasteiger partial charge in [-0.1, -0.05) is 0 Å². The molecule has 6 heteroatoms. The number of rotatable bonds is 5. The summed E-state index contributed by atoms with van der Waals surface area (Å²) in [6.07, 6.45) is 5.44. The molecule has 1 amide bonds. The number of carbonyl (C=O) groups is 1. The van der Waals surface area contributed by atoms with Crippen LogP contribution in [0.4, 0.5) is 0 Å². The molecular formula is C23H30N2O4. The van der Waals surface area contributed by atoms with Crippen molar-refractivity contribution < 1.29 is 13.9 Å². The van der Waals surface area contributed by atoms with Gasteiger partial charge >= 0.3 is 5.63 Å². The van der Waals surface area contributed by atoms with Gasteiger partial charge in [0.1, 0.15) is 11.3 Å². The number of aryl methyl sites for hydroxylation is 1. The molecule has 1 unspecified atom stereocenters. The molecule has 2 heterocycles. The normalized spacial score (nSPS) is 18.3. The van der Waals surface area contributed by atoms with E-state index in [9.17, 15) is 9.59 Å². The van der Waals surface area contributed by atoms with E-state index in [1.54, 1.807) is 17.9 Å². The smallest absolute Gasteiger partial charge is 0.339 e. The zero-order chi connectivity index (χ0) is 20.4. The SMILES string of the molecule is CC(Oc1ccc2c3c(c(=O)oc2c1)CCCC3)C(=O)N(C)CC1CCNCC1. The fraction of sp³-hybridized carbons (Fsp3) is 0.565. The molecule has 1 aromatic heterocycles. The number of fused-ring (bicyclic) bond motifs is 3. The van der Waals surface area contributed by atoms with Gasteiger partial charge in [0.15, 0.2) is 6.10 Å². The van der Waals surface area contributed by atoms with Crippen molar-refractivity contribution in [2.24, 2.45) is 5.92 Å². The van der Waals surface area contributed by atoms with Gasteiger partial charge < -0.3 is 19.4 Å². The lowest BCUT2D eigenvalue weighted by molar-refractivity contribution is -0.137. The van der Waals surface area contributed by atoms with E-state index in [4.69, 9.17) is 9.15 Å². The van der Waals surface area contributed by atoms with Crippen LogP contribution in [0.5, 0.6) is 5.75 Å². The number of nitrogens with zero attached hydrogens (tertiary/aromatic N) is 1. The van der Waals surface area contributed by atoms with Crippen molar-refractivity contribution in [3.63, 3.8) is 0 Å². The third kappa shape index (κ3) is 4.32. The maximum absolute atomic E-state index is 12.7. The number of carbonyl (C=O) groups excluding carboxylic acids is 1. The fourth-order valence-electron chi connectivity index (χ4n) is 4.61. The van der Waals surface area contributed by atoms with E-state index < -0.39 is 6.10 Å². The summed E-state index contributed by atoms with van der Waals surface area (Å²) in [6, 6.07) is 5.56. The van der Waals surface area contributed by atoms with Crippen LogP contribution in [0.1, 0.15) is 43.7 Å². The van der Waals surface area contributed by atoms with Gasteiger partial charge in [0.2, 0.25) is 0 Å². The predicted molar refractivity (Wildman–Crippen MR) is 112 cm³/mol. The molecule has 2 aromatic rings. The largest absolute Gasteiger partial charge is 0.481 e. The summed E-state index contributed by atoms with van der Waals surface area (Å²) in [5.41, 5.74) is 2.23. The van der Waals surface area contributed by atoms with Gasteiger partial charge in [0.25, 0.3) is 5.91 Å². The summed E-state index contributed by atoms with van der Waals surface area (Å²) in [5.74, 6) is 1.06. The van der Waals surface area contributed by atoms with Gasteiger partial charge in [-0.2, -0.15) is 0 Å². The minimum absolute atomic E-state index is 0.0319. The van der Waals surface area contributed by atoms with Crippen LogP contribution >= 0.6 is 0 Å². The second-order valence-corrected chi connectivity index (χ2v) is 8.38. The zero-order valence-electron chi connectivity index (χ0n) is 17.3. The summed E-state index contributed by atoms with van der Waals surface area (Å²) in [4.78, 5) is 26.8. The highest BCUT2D eigenvalue weighted by Crippen LogP contribution is 2.29. The lowest BCUT2D eigenvalue weighted by atomic mass is 9.91. The highest BCUT2D eigenvalue weighted by atomic mass is 16.5. The molecule has 6 nitrogen and oxygen atoms in total. The van der Waals surface area contributed by atoms with Crippen molar-refractivity contribution in [3.05, 3.63) is 39.7 Å². The third-order valence-corrected chi connectivity index (χ3v) is 6.22. The van der Waals surface area contributed by atoms with E-state index in [0.717, 1.165) is 74.7 Å². The fourth-order valence-corrected chi connectivity index (χ4v) is 4.61. The number of piperidine rings is 1. The van der Waals surface area contributed by atoms with Crippen molar-refractivity contribution in [2.75, 3.05) is 26.7 Å². The highest BCUT2D eigenvalue weighted by Gasteiger charge is 2.24. The van der Waals surface area contributed by atoms with Crippen LogP contribution in [0.15, 0.2) is 27.4 Å². The minimum atomic E-state index is -0.594. The molecule has 156 valence electrons. The molecule has 1 atom stereocenters. The second-order valence-electron chi connectivity index (χ2n) is 8.38. The molecule has 0 spiro atoms. The summed E-state index contributed by atoms with van der Waals surface area (Å²) in [5, 5.41) is 4.33. The number of nitrogens with one attached hydrogen (secondary N) is 1. The zero-order valence-corrected chi connectivity index (χ0v) is 17.3. The van der Waals surface area contributed by atoms with Crippen LogP contribution < -0.4 is 15.7 Å². The molecule has 1 N–H and O–H groups in total. The van der Waals surface area contributed by atoms with Gasteiger partial charge in [0, 0.05) is 30.6 Å².